The normalized spacial score (nSPS) is 19.0. The Balaban J connectivity index is 2.15. The predicted molar refractivity (Wildman–Crippen MR) is 75.1 cm³/mol. The van der Waals surface area contributed by atoms with Crippen molar-refractivity contribution in [3.8, 4) is 0 Å². The van der Waals surface area contributed by atoms with Gasteiger partial charge in [0.05, 0.1) is 19.1 Å². The number of carbonyl (C=O) groups excluding carboxylic acids is 1. The van der Waals surface area contributed by atoms with Crippen molar-refractivity contribution in [1.29, 1.82) is 0 Å². The number of hydrogen-bond acceptors (Lipinski definition) is 4. The van der Waals surface area contributed by atoms with Gasteiger partial charge < -0.3 is 9.64 Å². The number of methoxy groups -OCH3 is 1. The van der Waals surface area contributed by atoms with Gasteiger partial charge in [0.15, 0.2) is 0 Å². The fraction of sp³-hybridized carbons (Fsp3) is 0.643. The van der Waals surface area contributed by atoms with E-state index in [0.29, 0.717) is 6.42 Å². The number of likely N-dealkylation sites (tertiary alicyclic amines) is 1. The van der Waals surface area contributed by atoms with Crippen LogP contribution in [-0.4, -0.2) is 53.6 Å². The smallest absolute Gasteiger partial charge is 0.383 e. The number of rotatable bonds is 4. The summed E-state index contributed by atoms with van der Waals surface area (Å²) in [5.74, 6) is -2.11. The Labute approximate surface area is 130 Å². The summed E-state index contributed by atoms with van der Waals surface area (Å²) in [4.78, 5) is 25.1. The molecule has 0 unspecified atom stereocenters. The molecule has 0 N–H and O–H groups in total. The number of nitrogens with zero attached hydrogens (tertiary/aromatic N) is 3. The SMILES string of the molecule is COCCn1nc(C(=O)N2CCC[C@H](C(F)(F)F)C2)ccc1=O. The summed E-state index contributed by atoms with van der Waals surface area (Å²) >= 11 is 0. The summed E-state index contributed by atoms with van der Waals surface area (Å²) in [6.07, 6.45) is -4.00. The standard InChI is InChI=1S/C14H18F3N3O3/c1-23-8-7-20-12(21)5-4-11(18-20)13(22)19-6-2-3-10(9-19)14(15,16)17/h4-5,10H,2-3,6-9H2,1H3/t10-/m0/s1. The van der Waals surface area contributed by atoms with E-state index in [1.807, 2.05) is 0 Å². The topological polar surface area (TPSA) is 64.4 Å². The minimum atomic E-state index is -4.32. The Bertz CT molecular complexity index is 615. The molecule has 1 aliphatic heterocycles. The average molecular weight is 333 g/mol. The van der Waals surface area contributed by atoms with Gasteiger partial charge in [0.1, 0.15) is 5.69 Å². The van der Waals surface area contributed by atoms with Gasteiger partial charge in [-0.05, 0) is 18.9 Å². The average Bonchev–Trinajstić information content (AvgIpc) is 2.53. The number of halogens is 3. The number of piperidine rings is 1. The molecule has 23 heavy (non-hydrogen) atoms. The van der Waals surface area contributed by atoms with Crippen LogP contribution in [0.1, 0.15) is 23.3 Å². The van der Waals surface area contributed by atoms with Crippen molar-refractivity contribution in [2.75, 3.05) is 26.8 Å². The highest BCUT2D eigenvalue weighted by Gasteiger charge is 2.42. The monoisotopic (exact) mass is 333 g/mol. The molecule has 2 rings (SSSR count). The van der Waals surface area contributed by atoms with Crippen LogP contribution in [0.4, 0.5) is 13.2 Å². The van der Waals surface area contributed by atoms with E-state index in [1.165, 1.54) is 19.2 Å². The summed E-state index contributed by atoms with van der Waals surface area (Å²) in [6, 6.07) is 2.42. The lowest BCUT2D eigenvalue weighted by atomic mass is 9.97. The molecule has 0 spiro atoms. The molecule has 0 saturated carbocycles. The van der Waals surface area contributed by atoms with E-state index in [1.54, 1.807) is 0 Å². The molecular formula is C14H18F3N3O3. The van der Waals surface area contributed by atoms with Gasteiger partial charge in [-0.15, -0.1) is 0 Å². The number of hydrogen-bond donors (Lipinski definition) is 0. The third-order valence-electron chi connectivity index (χ3n) is 3.76. The first-order chi connectivity index (χ1) is 10.8. The molecule has 1 aliphatic rings. The third-order valence-corrected chi connectivity index (χ3v) is 3.76. The molecule has 1 aromatic heterocycles. The van der Waals surface area contributed by atoms with Crippen LogP contribution in [0.25, 0.3) is 0 Å². The van der Waals surface area contributed by atoms with Gasteiger partial charge >= 0.3 is 6.18 Å². The molecule has 9 heteroatoms. The highest BCUT2D eigenvalue weighted by Crippen LogP contribution is 2.33. The second-order valence-corrected chi connectivity index (χ2v) is 5.40. The van der Waals surface area contributed by atoms with Crippen LogP contribution in [0.2, 0.25) is 0 Å². The van der Waals surface area contributed by atoms with Crippen molar-refractivity contribution < 1.29 is 22.7 Å². The second-order valence-electron chi connectivity index (χ2n) is 5.40. The summed E-state index contributed by atoms with van der Waals surface area (Å²) in [5.41, 5.74) is -0.436. The van der Waals surface area contributed by atoms with Crippen LogP contribution in [-0.2, 0) is 11.3 Å². The molecule has 1 aromatic rings. The Kier molecular flexibility index (Phi) is 5.40. The zero-order chi connectivity index (χ0) is 17.0. The van der Waals surface area contributed by atoms with E-state index >= 15 is 0 Å². The summed E-state index contributed by atoms with van der Waals surface area (Å²) in [7, 11) is 1.46. The molecule has 1 amide bonds. The van der Waals surface area contributed by atoms with Crippen molar-refractivity contribution in [2.45, 2.75) is 25.6 Å². The maximum Gasteiger partial charge on any atom is 0.393 e. The van der Waals surface area contributed by atoms with Crippen molar-refractivity contribution in [3.05, 3.63) is 28.2 Å². The summed E-state index contributed by atoms with van der Waals surface area (Å²) in [6.45, 7) is 0.289. The van der Waals surface area contributed by atoms with Crippen LogP contribution < -0.4 is 5.56 Å². The van der Waals surface area contributed by atoms with Crippen LogP contribution in [0, 0.1) is 5.92 Å². The Hall–Kier alpha value is -1.90. The molecule has 2 heterocycles. The number of ether oxygens (including phenoxy) is 1. The van der Waals surface area contributed by atoms with Crippen molar-refractivity contribution in [3.63, 3.8) is 0 Å². The number of alkyl halides is 3. The van der Waals surface area contributed by atoms with Crippen LogP contribution in [0.5, 0.6) is 0 Å². The first-order valence-corrected chi connectivity index (χ1v) is 7.26. The third kappa shape index (κ3) is 4.31. The molecule has 1 fully saturated rings. The Morgan fingerprint density at radius 2 is 2.17 bits per heavy atom. The van der Waals surface area contributed by atoms with Crippen LogP contribution in [0.15, 0.2) is 16.9 Å². The van der Waals surface area contributed by atoms with E-state index in [-0.39, 0.29) is 38.4 Å². The molecule has 1 saturated heterocycles. The van der Waals surface area contributed by atoms with E-state index in [2.05, 4.69) is 5.10 Å². The summed E-state index contributed by atoms with van der Waals surface area (Å²) < 4.78 is 44.4. The maximum absolute atomic E-state index is 12.8. The molecular weight excluding hydrogens is 315 g/mol. The minimum absolute atomic E-state index is 0.0219. The summed E-state index contributed by atoms with van der Waals surface area (Å²) in [5, 5.41) is 3.92. The van der Waals surface area contributed by atoms with Crippen LogP contribution >= 0.6 is 0 Å². The quantitative estimate of drug-likeness (QED) is 0.833. The maximum atomic E-state index is 12.8. The zero-order valence-electron chi connectivity index (χ0n) is 12.7. The van der Waals surface area contributed by atoms with Crippen molar-refractivity contribution in [1.82, 2.24) is 14.7 Å². The second kappa shape index (κ2) is 7.12. The Morgan fingerprint density at radius 3 is 2.83 bits per heavy atom. The Morgan fingerprint density at radius 1 is 1.43 bits per heavy atom. The molecule has 128 valence electrons. The van der Waals surface area contributed by atoms with Crippen LogP contribution in [0.3, 0.4) is 0 Å². The molecule has 1 atom stereocenters. The van der Waals surface area contributed by atoms with Gasteiger partial charge in [-0.1, -0.05) is 0 Å². The van der Waals surface area contributed by atoms with Crippen molar-refractivity contribution >= 4 is 5.91 Å². The van der Waals surface area contributed by atoms with E-state index in [0.717, 1.165) is 9.58 Å². The first-order valence-electron chi connectivity index (χ1n) is 7.26. The largest absolute Gasteiger partial charge is 0.393 e. The lowest BCUT2D eigenvalue weighted by Gasteiger charge is -2.33. The van der Waals surface area contributed by atoms with Gasteiger partial charge in [0.25, 0.3) is 11.5 Å². The zero-order valence-corrected chi connectivity index (χ0v) is 12.7. The number of amides is 1. The number of carbonyl (C=O) groups is 1. The molecule has 6 nitrogen and oxygen atoms in total. The highest BCUT2D eigenvalue weighted by atomic mass is 19.4. The highest BCUT2D eigenvalue weighted by molar-refractivity contribution is 5.92. The van der Waals surface area contributed by atoms with Gasteiger partial charge in [0, 0.05) is 26.3 Å². The van der Waals surface area contributed by atoms with Crippen molar-refractivity contribution in [2.24, 2.45) is 5.92 Å². The van der Waals surface area contributed by atoms with Gasteiger partial charge in [-0.25, -0.2) is 4.68 Å². The molecule has 0 bridgehead atoms. The molecule has 0 aliphatic carbocycles. The lowest BCUT2D eigenvalue weighted by Crippen LogP contribution is -2.45. The number of aromatic nitrogens is 2. The van der Waals surface area contributed by atoms with Gasteiger partial charge in [0.2, 0.25) is 0 Å². The van der Waals surface area contributed by atoms with Gasteiger partial charge in [-0.2, -0.15) is 18.3 Å². The fourth-order valence-electron chi connectivity index (χ4n) is 2.49. The lowest BCUT2D eigenvalue weighted by molar-refractivity contribution is -0.184. The fourth-order valence-corrected chi connectivity index (χ4v) is 2.49. The van der Waals surface area contributed by atoms with E-state index < -0.39 is 23.6 Å². The molecule has 0 aromatic carbocycles. The first kappa shape index (κ1) is 17.5. The minimum Gasteiger partial charge on any atom is -0.383 e. The van der Waals surface area contributed by atoms with E-state index in [9.17, 15) is 22.8 Å². The van der Waals surface area contributed by atoms with Gasteiger partial charge in [-0.3, -0.25) is 9.59 Å². The van der Waals surface area contributed by atoms with E-state index in [4.69, 9.17) is 4.74 Å². The predicted octanol–water partition coefficient (Wildman–Crippen LogP) is 1.30. The molecule has 0 radical (unpaired) electrons.